The fourth-order valence-corrected chi connectivity index (χ4v) is 5.73. The molecule has 3 rings (SSSR count). The van der Waals surface area contributed by atoms with Crippen LogP contribution in [0.15, 0.2) is 0 Å². The first kappa shape index (κ1) is 20.7. The van der Waals surface area contributed by atoms with Crippen molar-refractivity contribution in [3.8, 4) is 0 Å². The van der Waals surface area contributed by atoms with Gasteiger partial charge < -0.3 is 9.47 Å². The molecule has 0 amide bonds. The molecule has 0 bridgehead atoms. The number of hydrogen-bond donors (Lipinski definition) is 0. The molecule has 0 aromatic heterocycles. The zero-order chi connectivity index (χ0) is 19.1. The highest BCUT2D eigenvalue weighted by Gasteiger charge is 2.47. The lowest BCUT2D eigenvalue weighted by Gasteiger charge is -2.46. The molecule has 0 aromatic carbocycles. The molecular weight excluding hydrogens is 340 g/mol. The molecule has 4 heteroatoms. The number of ether oxygens (including phenoxy) is 2. The third kappa shape index (κ3) is 5.48. The van der Waals surface area contributed by atoms with Crippen LogP contribution in [-0.4, -0.2) is 24.6 Å². The molecule has 0 N–H and O–H groups in total. The summed E-state index contributed by atoms with van der Waals surface area (Å²) in [6, 6.07) is 0. The van der Waals surface area contributed by atoms with Gasteiger partial charge in [0.05, 0.1) is 5.92 Å². The zero-order valence-electron chi connectivity index (χ0n) is 17.2. The summed E-state index contributed by atoms with van der Waals surface area (Å²) in [5, 5.41) is 0. The van der Waals surface area contributed by atoms with Gasteiger partial charge in [-0.2, -0.15) is 0 Å². The molecule has 27 heavy (non-hydrogen) atoms. The molecule has 3 aliphatic carbocycles. The second-order valence-electron chi connectivity index (χ2n) is 9.29. The van der Waals surface area contributed by atoms with E-state index in [0.29, 0.717) is 12.5 Å². The smallest absolute Gasteiger partial charge is 0.309 e. The van der Waals surface area contributed by atoms with Gasteiger partial charge >= 0.3 is 11.9 Å². The number of carbonyl (C=O) groups is 2. The Morgan fingerprint density at radius 2 is 1.41 bits per heavy atom. The molecule has 154 valence electrons. The molecule has 0 heterocycles. The minimum absolute atomic E-state index is 0.0260. The van der Waals surface area contributed by atoms with Crippen LogP contribution in [-0.2, 0) is 19.1 Å². The Kier molecular flexibility index (Phi) is 7.60. The lowest BCUT2D eigenvalue weighted by molar-refractivity contribution is -0.179. The standard InChI is InChI=1S/C23H38O4/c1-18(24)26-17-23(15-9-4-10-16-23)21(19-11-5-2-6-12-19)27-22(25)20-13-7-3-8-14-20/h19-21H,2-17H2,1H3. The van der Waals surface area contributed by atoms with E-state index in [0.717, 1.165) is 64.2 Å². The summed E-state index contributed by atoms with van der Waals surface area (Å²) in [6.45, 7) is 1.90. The first-order chi connectivity index (χ1) is 13.1. The van der Waals surface area contributed by atoms with E-state index in [1.165, 1.54) is 39.0 Å². The van der Waals surface area contributed by atoms with Gasteiger partial charge in [0, 0.05) is 12.3 Å². The summed E-state index contributed by atoms with van der Waals surface area (Å²) in [5.74, 6) is 0.318. The van der Waals surface area contributed by atoms with Crippen LogP contribution in [0.25, 0.3) is 0 Å². The SMILES string of the molecule is CC(=O)OCC1(C(OC(=O)C2CCCCC2)C2CCCCC2)CCCCC1. The highest BCUT2D eigenvalue weighted by molar-refractivity contribution is 5.72. The Morgan fingerprint density at radius 3 is 2.00 bits per heavy atom. The first-order valence-electron chi connectivity index (χ1n) is 11.4. The zero-order valence-corrected chi connectivity index (χ0v) is 17.2. The highest BCUT2D eigenvalue weighted by atomic mass is 16.6. The molecular formula is C23H38O4. The predicted octanol–water partition coefficient (Wildman–Crippen LogP) is 5.57. The van der Waals surface area contributed by atoms with Crippen molar-refractivity contribution in [3.05, 3.63) is 0 Å². The summed E-state index contributed by atoms with van der Waals surface area (Å²) < 4.78 is 11.9. The summed E-state index contributed by atoms with van der Waals surface area (Å²) in [5.41, 5.74) is -0.170. The molecule has 4 nitrogen and oxygen atoms in total. The van der Waals surface area contributed by atoms with Crippen LogP contribution in [0.1, 0.15) is 103 Å². The van der Waals surface area contributed by atoms with Crippen LogP contribution in [0.2, 0.25) is 0 Å². The van der Waals surface area contributed by atoms with Crippen molar-refractivity contribution >= 4 is 11.9 Å². The van der Waals surface area contributed by atoms with Gasteiger partial charge in [0.25, 0.3) is 0 Å². The number of hydrogen-bond acceptors (Lipinski definition) is 4. The maximum atomic E-state index is 13.0. The average molecular weight is 379 g/mol. The molecule has 0 aliphatic heterocycles. The van der Waals surface area contributed by atoms with Crippen LogP contribution in [0.4, 0.5) is 0 Å². The van der Waals surface area contributed by atoms with E-state index in [4.69, 9.17) is 9.47 Å². The second-order valence-corrected chi connectivity index (χ2v) is 9.29. The van der Waals surface area contributed by atoms with Crippen LogP contribution in [0, 0.1) is 17.3 Å². The van der Waals surface area contributed by atoms with Crippen molar-refractivity contribution in [1.82, 2.24) is 0 Å². The van der Waals surface area contributed by atoms with Crippen molar-refractivity contribution in [1.29, 1.82) is 0 Å². The lowest BCUT2D eigenvalue weighted by atomic mass is 9.65. The molecule has 3 fully saturated rings. The van der Waals surface area contributed by atoms with Gasteiger partial charge in [-0.3, -0.25) is 9.59 Å². The van der Waals surface area contributed by atoms with E-state index in [1.807, 2.05) is 0 Å². The largest absolute Gasteiger partial charge is 0.465 e. The number of rotatable bonds is 6. The minimum atomic E-state index is -0.221. The fourth-order valence-electron chi connectivity index (χ4n) is 5.73. The van der Waals surface area contributed by atoms with Crippen molar-refractivity contribution in [2.24, 2.45) is 17.3 Å². The molecule has 3 saturated carbocycles. The fraction of sp³-hybridized carbons (Fsp3) is 0.913. The highest BCUT2D eigenvalue weighted by Crippen LogP contribution is 2.47. The third-order valence-electron chi connectivity index (χ3n) is 7.28. The van der Waals surface area contributed by atoms with Gasteiger partial charge in [-0.15, -0.1) is 0 Å². The Hall–Kier alpha value is -1.06. The quantitative estimate of drug-likeness (QED) is 0.567. The van der Waals surface area contributed by atoms with Crippen molar-refractivity contribution in [3.63, 3.8) is 0 Å². The van der Waals surface area contributed by atoms with E-state index in [1.54, 1.807) is 0 Å². The number of carbonyl (C=O) groups excluding carboxylic acids is 2. The third-order valence-corrected chi connectivity index (χ3v) is 7.28. The van der Waals surface area contributed by atoms with E-state index in [9.17, 15) is 9.59 Å². The molecule has 0 spiro atoms. The Morgan fingerprint density at radius 1 is 0.852 bits per heavy atom. The second kappa shape index (κ2) is 9.93. The summed E-state index contributed by atoms with van der Waals surface area (Å²) in [7, 11) is 0. The van der Waals surface area contributed by atoms with Gasteiger partial charge in [-0.1, -0.05) is 57.8 Å². The summed E-state index contributed by atoms with van der Waals surface area (Å²) in [4.78, 5) is 24.6. The van der Waals surface area contributed by atoms with Crippen LogP contribution in [0.3, 0.4) is 0 Å². The molecule has 0 radical (unpaired) electrons. The van der Waals surface area contributed by atoms with Gasteiger partial charge in [0.15, 0.2) is 0 Å². The van der Waals surface area contributed by atoms with E-state index in [2.05, 4.69) is 0 Å². The normalized spacial score (nSPS) is 25.5. The summed E-state index contributed by atoms with van der Waals surface area (Å²) >= 11 is 0. The summed E-state index contributed by atoms with van der Waals surface area (Å²) in [6.07, 6.45) is 17.0. The van der Waals surface area contributed by atoms with Crippen LogP contribution < -0.4 is 0 Å². The van der Waals surface area contributed by atoms with Gasteiger partial charge in [-0.25, -0.2) is 0 Å². The molecule has 3 aliphatic rings. The average Bonchev–Trinajstić information content (AvgIpc) is 2.72. The predicted molar refractivity (Wildman–Crippen MR) is 105 cm³/mol. The van der Waals surface area contributed by atoms with Crippen LogP contribution in [0.5, 0.6) is 0 Å². The molecule has 1 unspecified atom stereocenters. The number of esters is 2. The van der Waals surface area contributed by atoms with E-state index in [-0.39, 0.29) is 29.4 Å². The van der Waals surface area contributed by atoms with Crippen molar-refractivity contribution in [2.45, 2.75) is 109 Å². The van der Waals surface area contributed by atoms with Gasteiger partial charge in [0.2, 0.25) is 0 Å². The first-order valence-corrected chi connectivity index (χ1v) is 11.4. The van der Waals surface area contributed by atoms with Gasteiger partial charge in [-0.05, 0) is 44.4 Å². The topological polar surface area (TPSA) is 52.6 Å². The van der Waals surface area contributed by atoms with Crippen LogP contribution >= 0.6 is 0 Å². The van der Waals surface area contributed by atoms with Crippen molar-refractivity contribution < 1.29 is 19.1 Å². The van der Waals surface area contributed by atoms with Gasteiger partial charge in [0.1, 0.15) is 12.7 Å². The molecule has 0 saturated heterocycles. The Bertz CT molecular complexity index is 483. The molecule has 0 aromatic rings. The van der Waals surface area contributed by atoms with E-state index >= 15 is 0 Å². The Balaban J connectivity index is 1.79. The van der Waals surface area contributed by atoms with Crippen molar-refractivity contribution in [2.75, 3.05) is 6.61 Å². The molecule has 1 atom stereocenters. The monoisotopic (exact) mass is 378 g/mol. The Labute approximate surface area is 164 Å². The minimum Gasteiger partial charge on any atom is -0.465 e. The maximum absolute atomic E-state index is 13.0. The lowest BCUT2D eigenvalue weighted by Crippen LogP contribution is -2.49. The van der Waals surface area contributed by atoms with E-state index < -0.39 is 0 Å². The maximum Gasteiger partial charge on any atom is 0.309 e.